The van der Waals surface area contributed by atoms with Gasteiger partial charge >= 0.3 is 0 Å². The van der Waals surface area contributed by atoms with Crippen LogP contribution in [0.25, 0.3) is 0 Å². The average Bonchev–Trinajstić information content (AvgIpc) is 3.00. The van der Waals surface area contributed by atoms with Crippen LogP contribution in [0.4, 0.5) is 0 Å². The van der Waals surface area contributed by atoms with E-state index in [-0.39, 0.29) is 73.4 Å². The molecule has 3 N–H and O–H groups in total. The standard InChI is InChI=1S/C28H44N4O5S2.3BrH/c1-5-24-19-29-20-26(6-2)32(18-16-30-24)17-15-25(31-38(33,34)27-11-7-22(3)8-12-27)21-37-39(35,36)28-13-9-23(4)10-14-28;;;/h7-14,24-26,29-31H,5-6,15-21H2,1-4H3;3*1H. The van der Waals surface area contributed by atoms with Crippen molar-refractivity contribution < 1.29 is 21.0 Å². The van der Waals surface area contributed by atoms with E-state index in [9.17, 15) is 16.8 Å². The van der Waals surface area contributed by atoms with E-state index in [4.69, 9.17) is 4.18 Å². The molecular weight excluding hydrogens is 776 g/mol. The summed E-state index contributed by atoms with van der Waals surface area (Å²) < 4.78 is 60.3. The topological polar surface area (TPSA) is 117 Å². The van der Waals surface area contributed by atoms with Crippen LogP contribution in [0.15, 0.2) is 58.3 Å². The molecule has 0 radical (unpaired) electrons. The maximum absolute atomic E-state index is 13.2. The molecule has 0 bridgehead atoms. The van der Waals surface area contributed by atoms with Gasteiger partial charge in [0.15, 0.2) is 0 Å². The molecule has 3 atom stereocenters. The number of aryl methyl sites for hydroxylation is 2. The molecule has 1 heterocycles. The lowest BCUT2D eigenvalue weighted by Gasteiger charge is -2.32. The van der Waals surface area contributed by atoms with E-state index in [0.29, 0.717) is 19.0 Å². The summed E-state index contributed by atoms with van der Waals surface area (Å²) in [5.74, 6) is 0. The monoisotopic (exact) mass is 820 g/mol. The summed E-state index contributed by atoms with van der Waals surface area (Å²) in [5, 5.41) is 7.14. The molecule has 9 nitrogen and oxygen atoms in total. The van der Waals surface area contributed by atoms with E-state index in [0.717, 1.165) is 50.1 Å². The third-order valence-electron chi connectivity index (χ3n) is 7.24. The van der Waals surface area contributed by atoms with Crippen LogP contribution in [0.5, 0.6) is 0 Å². The highest BCUT2D eigenvalue weighted by Crippen LogP contribution is 2.17. The largest absolute Gasteiger partial charge is 0.314 e. The average molecular weight is 824 g/mol. The molecule has 1 saturated heterocycles. The zero-order chi connectivity index (χ0) is 28.5. The number of sulfonamides is 1. The van der Waals surface area contributed by atoms with Gasteiger partial charge in [-0.25, -0.2) is 13.1 Å². The van der Waals surface area contributed by atoms with Gasteiger partial charge in [0.25, 0.3) is 10.1 Å². The molecule has 2 aromatic rings. The minimum atomic E-state index is -4.05. The van der Waals surface area contributed by atoms with Crippen LogP contribution < -0.4 is 15.4 Å². The fraction of sp³-hybridized carbons (Fsp3) is 0.571. The first kappa shape index (κ1) is 41.6. The lowest BCUT2D eigenvalue weighted by Crippen LogP contribution is -2.46. The number of nitrogens with zero attached hydrogens (tertiary/aromatic N) is 1. The molecule has 3 unspecified atom stereocenters. The molecule has 0 amide bonds. The first-order chi connectivity index (χ1) is 18.5. The minimum Gasteiger partial charge on any atom is -0.314 e. The molecular formula is C28H47Br3N4O5S2. The highest BCUT2D eigenvalue weighted by molar-refractivity contribution is 8.93. The number of hydrogen-bond acceptors (Lipinski definition) is 8. The van der Waals surface area contributed by atoms with E-state index in [2.05, 4.69) is 34.1 Å². The second kappa shape index (κ2) is 19.9. The smallest absolute Gasteiger partial charge is 0.297 e. The van der Waals surface area contributed by atoms with Gasteiger partial charge in [-0.2, -0.15) is 8.42 Å². The van der Waals surface area contributed by atoms with Gasteiger partial charge in [-0.1, -0.05) is 49.2 Å². The number of halogens is 3. The Bertz CT molecular complexity index is 1250. The predicted octanol–water partition coefficient (Wildman–Crippen LogP) is 4.53. The van der Waals surface area contributed by atoms with Crippen LogP contribution in [0.2, 0.25) is 0 Å². The molecule has 0 spiro atoms. The van der Waals surface area contributed by atoms with Crippen molar-refractivity contribution in [3.05, 3.63) is 59.7 Å². The Morgan fingerprint density at radius 2 is 1.45 bits per heavy atom. The molecule has 0 aliphatic carbocycles. The quantitative estimate of drug-likeness (QED) is 0.268. The molecule has 3 rings (SSSR count). The summed E-state index contributed by atoms with van der Waals surface area (Å²) in [4.78, 5) is 2.52. The normalized spacial score (nSPS) is 19.1. The van der Waals surface area contributed by atoms with Crippen molar-refractivity contribution in [3.8, 4) is 0 Å². The first-order valence-corrected chi connectivity index (χ1v) is 16.7. The first-order valence-electron chi connectivity index (χ1n) is 13.8. The lowest BCUT2D eigenvalue weighted by atomic mass is 10.1. The van der Waals surface area contributed by atoms with Crippen LogP contribution in [0.1, 0.15) is 44.2 Å². The van der Waals surface area contributed by atoms with Crippen molar-refractivity contribution in [1.82, 2.24) is 20.3 Å². The Hall–Kier alpha value is -0.420. The zero-order valence-corrected chi connectivity index (χ0v) is 31.5. The van der Waals surface area contributed by atoms with Gasteiger partial charge in [0.1, 0.15) is 0 Å². The Kier molecular flexibility index (Phi) is 19.7. The zero-order valence-electron chi connectivity index (χ0n) is 24.7. The number of nitrogens with one attached hydrogen (secondary N) is 3. The Balaban J connectivity index is 0.00000560. The van der Waals surface area contributed by atoms with Crippen molar-refractivity contribution in [3.63, 3.8) is 0 Å². The van der Waals surface area contributed by atoms with Crippen molar-refractivity contribution in [2.75, 3.05) is 39.3 Å². The van der Waals surface area contributed by atoms with E-state index in [1.165, 1.54) is 12.1 Å². The fourth-order valence-electron chi connectivity index (χ4n) is 4.65. The number of benzene rings is 2. The van der Waals surface area contributed by atoms with Gasteiger partial charge in [-0.05, 0) is 57.4 Å². The van der Waals surface area contributed by atoms with E-state index in [1.807, 2.05) is 13.8 Å². The SMILES string of the molecule is Br.Br.Br.CCC1CNCC(CC)N(CCC(COS(=O)(=O)c2ccc(C)cc2)NS(=O)(=O)c2ccc(C)cc2)CCN1. The predicted molar refractivity (Wildman–Crippen MR) is 186 cm³/mol. The fourth-order valence-corrected chi connectivity index (χ4v) is 6.86. The van der Waals surface area contributed by atoms with Gasteiger partial charge in [-0.3, -0.25) is 9.08 Å². The molecule has 1 aliphatic heterocycles. The van der Waals surface area contributed by atoms with E-state index in [1.54, 1.807) is 36.4 Å². The van der Waals surface area contributed by atoms with E-state index < -0.39 is 26.2 Å². The summed E-state index contributed by atoms with van der Waals surface area (Å²) in [6.45, 7) is 11.8. The van der Waals surface area contributed by atoms with Gasteiger partial charge in [0.2, 0.25) is 10.0 Å². The molecule has 2 aromatic carbocycles. The van der Waals surface area contributed by atoms with Gasteiger partial charge in [0, 0.05) is 50.8 Å². The minimum absolute atomic E-state index is 0. The van der Waals surface area contributed by atoms with Crippen LogP contribution in [0.3, 0.4) is 0 Å². The number of rotatable bonds is 12. The summed E-state index contributed by atoms with van der Waals surface area (Å²) in [6.07, 6.45) is 2.38. The molecule has 42 heavy (non-hydrogen) atoms. The van der Waals surface area contributed by atoms with Crippen molar-refractivity contribution in [2.45, 2.75) is 74.9 Å². The summed E-state index contributed by atoms with van der Waals surface area (Å²) in [6, 6.07) is 12.9. The second-order valence-corrected chi connectivity index (χ2v) is 13.6. The van der Waals surface area contributed by atoms with Gasteiger partial charge in [0.05, 0.1) is 16.4 Å². The summed E-state index contributed by atoms with van der Waals surface area (Å²) >= 11 is 0. The van der Waals surface area contributed by atoms with Crippen LogP contribution in [-0.2, 0) is 24.3 Å². The second-order valence-electron chi connectivity index (χ2n) is 10.3. The van der Waals surface area contributed by atoms with Gasteiger partial charge in [-0.15, -0.1) is 50.9 Å². The third kappa shape index (κ3) is 12.9. The maximum Gasteiger partial charge on any atom is 0.297 e. The molecule has 0 saturated carbocycles. The van der Waals surface area contributed by atoms with Crippen LogP contribution in [0, 0.1) is 13.8 Å². The Labute approximate surface area is 284 Å². The van der Waals surface area contributed by atoms with Crippen molar-refractivity contribution in [1.29, 1.82) is 0 Å². The number of hydrogen-bond donors (Lipinski definition) is 3. The molecule has 1 fully saturated rings. The van der Waals surface area contributed by atoms with Crippen LogP contribution >= 0.6 is 50.9 Å². The molecule has 242 valence electrons. The maximum atomic E-state index is 13.2. The van der Waals surface area contributed by atoms with E-state index >= 15 is 0 Å². The highest BCUT2D eigenvalue weighted by Gasteiger charge is 2.26. The van der Waals surface area contributed by atoms with Crippen molar-refractivity contribution >= 4 is 71.1 Å². The van der Waals surface area contributed by atoms with Gasteiger partial charge < -0.3 is 10.6 Å². The molecule has 14 heteroatoms. The summed E-state index contributed by atoms with van der Waals surface area (Å²) in [7, 11) is -7.93. The van der Waals surface area contributed by atoms with Crippen molar-refractivity contribution in [2.24, 2.45) is 0 Å². The molecule has 0 aromatic heterocycles. The third-order valence-corrected chi connectivity index (χ3v) is 10.1. The highest BCUT2D eigenvalue weighted by atomic mass is 79.9. The lowest BCUT2D eigenvalue weighted by molar-refractivity contribution is 0.176. The Morgan fingerprint density at radius 3 is 2.00 bits per heavy atom. The summed E-state index contributed by atoms with van der Waals surface area (Å²) in [5.41, 5.74) is 1.88. The molecule has 1 aliphatic rings. The Morgan fingerprint density at radius 1 is 0.881 bits per heavy atom. The van der Waals surface area contributed by atoms with Crippen LogP contribution in [-0.4, -0.2) is 79.2 Å².